The van der Waals surface area contributed by atoms with Gasteiger partial charge in [-0.2, -0.15) is 13.7 Å². The molecule has 0 unspecified atom stereocenters. The largest absolute Gasteiger partial charge is 0.378 e. The van der Waals surface area contributed by atoms with Crippen molar-refractivity contribution in [2.45, 2.75) is 31.2 Å². The minimum atomic E-state index is -4.08. The Morgan fingerprint density at radius 3 is 2.68 bits per heavy atom. The van der Waals surface area contributed by atoms with Gasteiger partial charge >= 0.3 is 10.1 Å². The quantitative estimate of drug-likeness (QED) is 0.789. The smallest absolute Gasteiger partial charge is 0.339 e. The highest BCUT2D eigenvalue weighted by Gasteiger charge is 2.30. The van der Waals surface area contributed by atoms with Crippen LogP contribution >= 0.6 is 0 Å². The summed E-state index contributed by atoms with van der Waals surface area (Å²) in [4.78, 5) is 13.4. The van der Waals surface area contributed by atoms with Crippen LogP contribution in [0.3, 0.4) is 0 Å². The fourth-order valence-electron chi connectivity index (χ4n) is 3.04. The van der Waals surface area contributed by atoms with Crippen LogP contribution in [-0.2, 0) is 21.3 Å². The second kappa shape index (κ2) is 6.22. The fourth-order valence-corrected chi connectivity index (χ4v) is 4.04. The van der Waals surface area contributed by atoms with Gasteiger partial charge in [0.05, 0.1) is 5.56 Å². The lowest BCUT2D eigenvalue weighted by Crippen LogP contribution is -2.33. The Hall–Kier alpha value is -2.85. The van der Waals surface area contributed by atoms with Gasteiger partial charge in [0.15, 0.2) is 5.75 Å². The van der Waals surface area contributed by atoms with Gasteiger partial charge in [-0.1, -0.05) is 12.1 Å². The number of para-hydroxylation sites is 1. The van der Waals surface area contributed by atoms with Crippen molar-refractivity contribution >= 4 is 21.7 Å². The van der Waals surface area contributed by atoms with Crippen LogP contribution in [0.25, 0.3) is 0 Å². The molecule has 1 atom stereocenters. The highest BCUT2D eigenvalue weighted by Crippen LogP contribution is 2.34. The van der Waals surface area contributed by atoms with Crippen molar-refractivity contribution in [3.8, 4) is 11.8 Å². The predicted octanol–water partition coefficient (Wildman–Crippen LogP) is 2.62. The summed E-state index contributed by atoms with van der Waals surface area (Å²) < 4.78 is 30.2. The number of hydrogen-bond donors (Lipinski definition) is 0. The van der Waals surface area contributed by atoms with Gasteiger partial charge in [0.25, 0.3) is 0 Å². The van der Waals surface area contributed by atoms with E-state index >= 15 is 0 Å². The molecule has 0 aliphatic carbocycles. The predicted molar refractivity (Wildman–Crippen MR) is 91.7 cm³/mol. The third-order valence-corrected chi connectivity index (χ3v) is 5.33. The molecule has 0 spiro atoms. The van der Waals surface area contributed by atoms with Crippen molar-refractivity contribution in [2.24, 2.45) is 0 Å². The van der Waals surface area contributed by atoms with Crippen molar-refractivity contribution in [3.05, 3.63) is 53.6 Å². The molecule has 2 aromatic carbocycles. The molecule has 0 saturated heterocycles. The van der Waals surface area contributed by atoms with E-state index < -0.39 is 10.1 Å². The van der Waals surface area contributed by atoms with E-state index in [9.17, 15) is 13.2 Å². The molecule has 0 fully saturated rings. The maximum Gasteiger partial charge on any atom is 0.339 e. The van der Waals surface area contributed by atoms with Gasteiger partial charge in [-0.15, -0.1) is 0 Å². The Bertz CT molecular complexity index is 992. The van der Waals surface area contributed by atoms with Crippen LogP contribution in [0.2, 0.25) is 0 Å². The van der Waals surface area contributed by atoms with Crippen LogP contribution in [0, 0.1) is 11.3 Å². The molecule has 3 rings (SSSR count). The van der Waals surface area contributed by atoms with E-state index in [1.165, 1.54) is 31.2 Å². The molecule has 6 nitrogen and oxygen atoms in total. The summed E-state index contributed by atoms with van der Waals surface area (Å²) in [5, 5.41) is 9.06. The summed E-state index contributed by atoms with van der Waals surface area (Å²) >= 11 is 0. The van der Waals surface area contributed by atoms with Gasteiger partial charge in [-0.05, 0) is 49.2 Å². The molecule has 0 N–H and O–H groups in total. The van der Waals surface area contributed by atoms with E-state index in [1.54, 1.807) is 23.1 Å². The number of hydrogen-bond acceptors (Lipinski definition) is 5. The van der Waals surface area contributed by atoms with Crippen molar-refractivity contribution in [2.75, 3.05) is 4.90 Å². The number of carbonyl (C=O) groups is 1. The second-order valence-electron chi connectivity index (χ2n) is 5.88. The topological polar surface area (TPSA) is 87.5 Å². The van der Waals surface area contributed by atoms with Crippen LogP contribution in [-0.4, -0.2) is 20.4 Å². The molecule has 7 heteroatoms. The first-order valence-corrected chi connectivity index (χ1v) is 9.10. The summed E-state index contributed by atoms with van der Waals surface area (Å²) in [5.41, 5.74) is 1.64. The maximum atomic E-state index is 12.6. The van der Waals surface area contributed by atoms with E-state index in [1.807, 2.05) is 13.0 Å². The van der Waals surface area contributed by atoms with Gasteiger partial charge in [-0.25, -0.2) is 0 Å². The highest BCUT2D eigenvalue weighted by molar-refractivity contribution is 7.87. The monoisotopic (exact) mass is 356 g/mol. The number of anilines is 1. The van der Waals surface area contributed by atoms with Gasteiger partial charge in [0, 0.05) is 18.7 Å². The molecule has 0 aromatic heterocycles. The first-order chi connectivity index (χ1) is 11.8. The average Bonchev–Trinajstić information content (AvgIpc) is 2.90. The molecule has 0 saturated carbocycles. The van der Waals surface area contributed by atoms with Gasteiger partial charge in [0.2, 0.25) is 5.91 Å². The van der Waals surface area contributed by atoms with Gasteiger partial charge in [0.1, 0.15) is 11.0 Å². The van der Waals surface area contributed by atoms with E-state index in [0.29, 0.717) is 6.42 Å². The van der Waals surface area contributed by atoms with Gasteiger partial charge in [-0.3, -0.25) is 4.79 Å². The van der Waals surface area contributed by atoms with Crippen LogP contribution in [0.5, 0.6) is 5.75 Å². The first kappa shape index (κ1) is 17.0. The molecular weight excluding hydrogens is 340 g/mol. The number of benzene rings is 2. The Labute approximate surface area is 146 Å². The zero-order valence-corrected chi connectivity index (χ0v) is 14.6. The number of fused-ring (bicyclic) bond motifs is 1. The van der Waals surface area contributed by atoms with E-state index in [2.05, 4.69) is 0 Å². The summed E-state index contributed by atoms with van der Waals surface area (Å²) in [5.74, 6) is -0.0923. The van der Waals surface area contributed by atoms with Crippen molar-refractivity contribution < 1.29 is 17.4 Å². The minimum Gasteiger partial charge on any atom is -0.378 e. The Kier molecular flexibility index (Phi) is 4.23. The molecule has 25 heavy (non-hydrogen) atoms. The molecule has 1 heterocycles. The Morgan fingerprint density at radius 2 is 2.00 bits per heavy atom. The Balaban J connectivity index is 1.96. The van der Waals surface area contributed by atoms with Crippen LogP contribution in [0.1, 0.15) is 25.0 Å². The molecular formula is C18H16N2O4S. The third-order valence-electron chi connectivity index (χ3n) is 4.10. The average molecular weight is 356 g/mol. The summed E-state index contributed by atoms with van der Waals surface area (Å²) in [7, 11) is -4.08. The van der Waals surface area contributed by atoms with E-state index in [4.69, 9.17) is 9.44 Å². The van der Waals surface area contributed by atoms with Crippen LogP contribution in [0.4, 0.5) is 5.69 Å². The lowest BCUT2D eigenvalue weighted by atomic mass is 10.1. The lowest BCUT2D eigenvalue weighted by molar-refractivity contribution is -0.116. The highest BCUT2D eigenvalue weighted by atomic mass is 32.2. The number of nitrogens with zero attached hydrogens (tertiary/aromatic N) is 2. The Morgan fingerprint density at radius 1 is 1.28 bits per heavy atom. The molecule has 2 aromatic rings. The molecule has 1 aliphatic heterocycles. The minimum absolute atomic E-state index is 0.00315. The number of amides is 1. The lowest BCUT2D eigenvalue weighted by Gasteiger charge is -2.20. The maximum absolute atomic E-state index is 12.6. The second-order valence-corrected chi connectivity index (χ2v) is 7.42. The molecule has 0 bridgehead atoms. The fraction of sp³-hybridized carbons (Fsp3) is 0.222. The standard InChI is InChI=1S/C18H16N2O4S/c1-12-9-15-10-16(7-8-17(15)20(12)13(2)21)25(22,23)24-18-6-4-3-5-14(18)11-19/h3-8,10,12H,9H2,1-2H3/t12-/m0/s1. The summed E-state index contributed by atoms with van der Waals surface area (Å²) in [6.45, 7) is 3.40. The normalized spacial score (nSPS) is 16.2. The van der Waals surface area contributed by atoms with E-state index in [-0.39, 0.29) is 28.2 Å². The van der Waals surface area contributed by atoms with Crippen LogP contribution in [0.15, 0.2) is 47.4 Å². The SMILES string of the molecule is CC(=O)N1c2ccc(S(=O)(=O)Oc3ccccc3C#N)cc2C[C@@H]1C. The number of carbonyl (C=O) groups excluding carboxylic acids is 1. The zero-order valence-electron chi connectivity index (χ0n) is 13.8. The zero-order chi connectivity index (χ0) is 18.2. The third kappa shape index (κ3) is 3.08. The first-order valence-electron chi connectivity index (χ1n) is 7.70. The summed E-state index contributed by atoms with van der Waals surface area (Å²) in [6.07, 6.45) is 0.576. The molecule has 0 radical (unpaired) electrons. The van der Waals surface area contributed by atoms with Crippen LogP contribution < -0.4 is 9.08 Å². The number of rotatable bonds is 3. The van der Waals surface area contributed by atoms with Crippen molar-refractivity contribution in [1.29, 1.82) is 5.26 Å². The van der Waals surface area contributed by atoms with Crippen molar-refractivity contribution in [3.63, 3.8) is 0 Å². The molecule has 1 amide bonds. The number of nitriles is 1. The van der Waals surface area contributed by atoms with E-state index in [0.717, 1.165) is 11.3 Å². The molecule has 1 aliphatic rings. The summed E-state index contributed by atoms with van der Waals surface area (Å²) in [6, 6.07) is 12.6. The van der Waals surface area contributed by atoms with Crippen molar-refractivity contribution in [1.82, 2.24) is 0 Å². The molecule has 128 valence electrons. The van der Waals surface area contributed by atoms with Gasteiger partial charge < -0.3 is 9.08 Å².